The molecule has 0 aromatic heterocycles. The van der Waals surface area contributed by atoms with Gasteiger partial charge in [0.15, 0.2) is 6.29 Å². The number of benzene rings is 3. The van der Waals surface area contributed by atoms with Crippen LogP contribution >= 0.6 is 11.8 Å². The summed E-state index contributed by atoms with van der Waals surface area (Å²) >= 11 is 1.69. The molecule has 3 aromatic rings. The molecule has 1 heterocycles. The lowest BCUT2D eigenvalue weighted by atomic mass is 9.91. The molecule has 1 saturated heterocycles. The van der Waals surface area contributed by atoms with Crippen molar-refractivity contribution in [3.63, 3.8) is 0 Å². The average molecular weight is 438 g/mol. The zero-order valence-electron chi connectivity index (χ0n) is 17.3. The van der Waals surface area contributed by atoms with E-state index in [0.29, 0.717) is 5.69 Å². The molecule has 1 aliphatic heterocycles. The summed E-state index contributed by atoms with van der Waals surface area (Å²) in [6.45, 7) is 2.16. The number of aromatic hydroxyl groups is 1. The van der Waals surface area contributed by atoms with E-state index in [-0.39, 0.29) is 30.5 Å². The summed E-state index contributed by atoms with van der Waals surface area (Å²) in [6, 6.07) is 22.7. The van der Waals surface area contributed by atoms with E-state index in [1.54, 1.807) is 23.9 Å². The van der Waals surface area contributed by atoms with Crippen LogP contribution in [0, 0.1) is 5.92 Å². The molecule has 5 nitrogen and oxygen atoms in total. The second-order valence-electron chi connectivity index (χ2n) is 7.80. The van der Waals surface area contributed by atoms with Gasteiger partial charge < -0.3 is 25.4 Å². The second-order valence-corrected chi connectivity index (χ2v) is 8.89. The topological polar surface area (TPSA) is 84.9 Å². The van der Waals surface area contributed by atoms with Crippen LogP contribution in [0.3, 0.4) is 0 Å². The number of aliphatic hydroxyl groups excluding tert-OH is 1. The number of hydrogen-bond donors (Lipinski definition) is 3. The van der Waals surface area contributed by atoms with Crippen molar-refractivity contribution in [2.45, 2.75) is 36.9 Å². The average Bonchev–Trinajstić information content (AvgIpc) is 2.79. The molecule has 0 radical (unpaired) electrons. The van der Waals surface area contributed by atoms with Gasteiger partial charge in [-0.1, -0.05) is 43.3 Å². The fourth-order valence-corrected chi connectivity index (χ4v) is 4.80. The van der Waals surface area contributed by atoms with Crippen molar-refractivity contribution in [3.8, 4) is 5.75 Å². The normalized spacial score (nSPS) is 23.5. The summed E-state index contributed by atoms with van der Waals surface area (Å²) in [5, 5.41) is 18.9. The van der Waals surface area contributed by atoms with E-state index in [9.17, 15) is 10.2 Å². The third-order valence-electron chi connectivity index (χ3n) is 5.56. The number of rotatable bonds is 6. The third kappa shape index (κ3) is 5.22. The largest absolute Gasteiger partial charge is 0.508 e. The summed E-state index contributed by atoms with van der Waals surface area (Å²) in [5.41, 5.74) is 9.48. The van der Waals surface area contributed by atoms with Gasteiger partial charge in [0, 0.05) is 27.8 Å². The lowest BCUT2D eigenvalue weighted by Gasteiger charge is -2.41. The molecule has 0 bridgehead atoms. The van der Waals surface area contributed by atoms with Gasteiger partial charge in [-0.15, -0.1) is 11.8 Å². The maximum atomic E-state index is 9.52. The summed E-state index contributed by atoms with van der Waals surface area (Å²) in [7, 11) is 0. The monoisotopic (exact) mass is 437 g/mol. The number of thioether (sulfide) groups is 1. The Labute approximate surface area is 186 Å². The molecule has 0 saturated carbocycles. The molecule has 4 atom stereocenters. The van der Waals surface area contributed by atoms with Gasteiger partial charge in [-0.25, -0.2) is 0 Å². The van der Waals surface area contributed by atoms with Crippen LogP contribution in [0.1, 0.15) is 36.0 Å². The minimum atomic E-state index is -0.521. The van der Waals surface area contributed by atoms with Gasteiger partial charge in [0.1, 0.15) is 5.75 Å². The molecule has 1 aliphatic rings. The molecule has 0 spiro atoms. The number of phenolic OH excluding ortho intramolecular Hbond substituents is 1. The number of aliphatic hydroxyl groups is 1. The van der Waals surface area contributed by atoms with Crippen LogP contribution in [0.15, 0.2) is 77.7 Å². The molecule has 31 heavy (non-hydrogen) atoms. The zero-order chi connectivity index (χ0) is 21.8. The van der Waals surface area contributed by atoms with Crippen molar-refractivity contribution >= 4 is 17.4 Å². The van der Waals surface area contributed by atoms with E-state index in [1.807, 2.05) is 60.7 Å². The first-order valence-electron chi connectivity index (χ1n) is 10.3. The third-order valence-corrected chi connectivity index (χ3v) is 6.66. The van der Waals surface area contributed by atoms with Gasteiger partial charge in [0.25, 0.3) is 0 Å². The van der Waals surface area contributed by atoms with Crippen LogP contribution < -0.4 is 5.73 Å². The summed E-state index contributed by atoms with van der Waals surface area (Å²) in [5.74, 6) is 1.12. The summed E-state index contributed by atoms with van der Waals surface area (Å²) < 4.78 is 12.8. The van der Waals surface area contributed by atoms with Gasteiger partial charge >= 0.3 is 0 Å². The zero-order valence-corrected chi connectivity index (χ0v) is 18.2. The number of ether oxygens (including phenoxy) is 2. The van der Waals surface area contributed by atoms with Crippen LogP contribution in [0.2, 0.25) is 0 Å². The maximum absolute atomic E-state index is 9.52. The summed E-state index contributed by atoms with van der Waals surface area (Å²) in [4.78, 5) is 1.07. The number of phenols is 1. The van der Waals surface area contributed by atoms with Crippen molar-refractivity contribution in [2.24, 2.45) is 5.92 Å². The minimum Gasteiger partial charge on any atom is -0.508 e. The fourth-order valence-electron chi connectivity index (χ4n) is 3.74. The molecule has 0 aliphatic carbocycles. The van der Waals surface area contributed by atoms with E-state index < -0.39 is 6.29 Å². The molecule has 1 fully saturated rings. The highest BCUT2D eigenvalue weighted by atomic mass is 32.2. The Kier molecular flexibility index (Phi) is 6.83. The highest BCUT2D eigenvalue weighted by molar-refractivity contribution is 7.99. The van der Waals surface area contributed by atoms with Crippen LogP contribution in [0.5, 0.6) is 5.75 Å². The molecule has 162 valence electrons. The van der Waals surface area contributed by atoms with Gasteiger partial charge in [-0.05, 0) is 47.5 Å². The smallest absolute Gasteiger partial charge is 0.185 e. The first kappa shape index (κ1) is 21.7. The van der Waals surface area contributed by atoms with Crippen molar-refractivity contribution in [1.29, 1.82) is 0 Å². The summed E-state index contributed by atoms with van der Waals surface area (Å²) in [6.07, 6.45) is -0.729. The highest BCUT2D eigenvalue weighted by Crippen LogP contribution is 2.43. The van der Waals surface area contributed by atoms with E-state index in [0.717, 1.165) is 27.3 Å². The Morgan fingerprint density at radius 1 is 0.935 bits per heavy atom. The first-order valence-corrected chi connectivity index (χ1v) is 11.3. The van der Waals surface area contributed by atoms with Gasteiger partial charge in [-0.3, -0.25) is 0 Å². The predicted molar refractivity (Wildman–Crippen MR) is 123 cm³/mol. The predicted octanol–water partition coefficient (Wildman–Crippen LogP) is 5.05. The Balaban J connectivity index is 1.58. The van der Waals surface area contributed by atoms with Crippen molar-refractivity contribution < 1.29 is 19.7 Å². The molecule has 0 amide bonds. The Hall–Kier alpha value is -2.51. The molecule has 4 unspecified atom stereocenters. The van der Waals surface area contributed by atoms with Gasteiger partial charge in [0.05, 0.1) is 18.8 Å². The van der Waals surface area contributed by atoms with Crippen LogP contribution in [-0.4, -0.2) is 22.1 Å². The van der Waals surface area contributed by atoms with E-state index in [1.165, 1.54) is 0 Å². The lowest BCUT2D eigenvalue weighted by molar-refractivity contribution is -0.268. The Morgan fingerprint density at radius 2 is 1.68 bits per heavy atom. The quantitative estimate of drug-likeness (QED) is 0.370. The minimum absolute atomic E-state index is 0.0162. The number of nitrogen functional groups attached to an aromatic ring is 1. The lowest BCUT2D eigenvalue weighted by Crippen LogP contribution is -2.38. The molecular formula is C25H27NO4S. The van der Waals surface area contributed by atoms with E-state index >= 15 is 0 Å². The SMILES string of the molecule is CC1C(CSc2ccc(O)cc2)OC(c2cccc(N)c2)OC1c1ccc(CO)cc1. The van der Waals surface area contributed by atoms with Crippen molar-refractivity contribution in [2.75, 3.05) is 11.5 Å². The maximum Gasteiger partial charge on any atom is 0.185 e. The fraction of sp³-hybridized carbons (Fsp3) is 0.280. The number of nitrogens with two attached hydrogens (primary N) is 1. The second kappa shape index (κ2) is 9.75. The Bertz CT molecular complexity index is 993. The van der Waals surface area contributed by atoms with Crippen LogP contribution in [-0.2, 0) is 16.1 Å². The van der Waals surface area contributed by atoms with E-state index in [4.69, 9.17) is 15.2 Å². The first-order chi connectivity index (χ1) is 15.0. The standard InChI is InChI=1S/C25H27NO4S/c1-16-23(15-31-22-11-9-21(28)10-12-22)29-25(19-3-2-4-20(26)13-19)30-24(16)18-7-5-17(14-27)6-8-18/h2-13,16,23-25,27-28H,14-15,26H2,1H3. The molecule has 4 N–H and O–H groups in total. The molecular weight excluding hydrogens is 410 g/mol. The molecule has 6 heteroatoms. The van der Waals surface area contributed by atoms with Crippen LogP contribution in [0.25, 0.3) is 0 Å². The number of hydrogen-bond acceptors (Lipinski definition) is 6. The van der Waals surface area contributed by atoms with Crippen LogP contribution in [0.4, 0.5) is 5.69 Å². The van der Waals surface area contributed by atoms with Crippen molar-refractivity contribution in [3.05, 3.63) is 89.5 Å². The molecule has 4 rings (SSSR count). The van der Waals surface area contributed by atoms with E-state index in [2.05, 4.69) is 6.92 Å². The number of anilines is 1. The van der Waals surface area contributed by atoms with Gasteiger partial charge in [-0.2, -0.15) is 0 Å². The van der Waals surface area contributed by atoms with Gasteiger partial charge in [0.2, 0.25) is 0 Å². The van der Waals surface area contributed by atoms with Crippen molar-refractivity contribution in [1.82, 2.24) is 0 Å². The Morgan fingerprint density at radius 3 is 2.35 bits per heavy atom. The molecule has 3 aromatic carbocycles. The highest BCUT2D eigenvalue weighted by Gasteiger charge is 2.38.